The third-order valence-electron chi connectivity index (χ3n) is 0.541. The number of hydrogen-bond acceptors (Lipinski definition) is 0. The molecule has 0 spiro atoms. The zero-order valence-corrected chi connectivity index (χ0v) is 5.09. The maximum Gasteiger partial charge on any atom is 0.415 e. The molecule has 0 rings (SSSR count). The minimum atomic E-state index is -4.65. The maximum atomic E-state index is 11.5. The summed E-state index contributed by atoms with van der Waals surface area (Å²) >= 11 is 0. The average molecular weight is 144 g/mol. The maximum absolute atomic E-state index is 11.5. The van der Waals surface area contributed by atoms with Crippen molar-refractivity contribution >= 4 is 9.52 Å². The van der Waals surface area contributed by atoms with Crippen molar-refractivity contribution in [1.82, 2.24) is 0 Å². The molecular formula is C3H4F4Si. The molecule has 1 atom stereocenters. The molecular weight excluding hydrogens is 140 g/mol. The quantitative estimate of drug-likeness (QED) is 0.387. The summed E-state index contributed by atoms with van der Waals surface area (Å²) in [6.07, 6.45) is -4.65. The van der Waals surface area contributed by atoms with Crippen LogP contribution < -0.4 is 0 Å². The lowest BCUT2D eigenvalue weighted by atomic mass is 10.7. The van der Waals surface area contributed by atoms with Crippen molar-refractivity contribution in [2.45, 2.75) is 18.5 Å². The molecule has 48 valence electrons. The van der Waals surface area contributed by atoms with Crippen LogP contribution in [0.2, 0.25) is 6.55 Å². The van der Waals surface area contributed by atoms with Crippen LogP contribution in [0.3, 0.4) is 0 Å². The standard InChI is InChI=1S/C3H4F4Si/c1-8-2(4)3(5,6)7/h2H,1H3. The molecule has 0 bridgehead atoms. The molecule has 0 aliphatic heterocycles. The van der Waals surface area contributed by atoms with Gasteiger partial charge in [0.1, 0.15) is 0 Å². The number of rotatable bonds is 1. The van der Waals surface area contributed by atoms with E-state index < -0.39 is 21.5 Å². The molecule has 0 amide bonds. The van der Waals surface area contributed by atoms with Crippen molar-refractivity contribution in [3.63, 3.8) is 0 Å². The highest BCUT2D eigenvalue weighted by Crippen LogP contribution is 2.21. The summed E-state index contributed by atoms with van der Waals surface area (Å²) in [5, 5.41) is 0. The fourth-order valence-electron chi connectivity index (χ4n) is 0.164. The second-order valence-electron chi connectivity index (χ2n) is 1.19. The monoisotopic (exact) mass is 144 g/mol. The first-order chi connectivity index (χ1) is 3.48. The van der Waals surface area contributed by atoms with E-state index in [2.05, 4.69) is 0 Å². The van der Waals surface area contributed by atoms with Crippen LogP contribution in [-0.4, -0.2) is 21.5 Å². The number of alkyl halides is 4. The summed E-state index contributed by atoms with van der Waals surface area (Å²) in [5.41, 5.74) is 0. The van der Waals surface area contributed by atoms with Crippen molar-refractivity contribution in [2.75, 3.05) is 0 Å². The first-order valence-electron chi connectivity index (χ1n) is 1.86. The van der Waals surface area contributed by atoms with Gasteiger partial charge in [0.15, 0.2) is 5.79 Å². The van der Waals surface area contributed by atoms with Crippen LogP contribution in [0.15, 0.2) is 0 Å². The van der Waals surface area contributed by atoms with Gasteiger partial charge in [-0.15, -0.1) is 0 Å². The van der Waals surface area contributed by atoms with Crippen LogP contribution in [0.25, 0.3) is 0 Å². The lowest BCUT2D eigenvalue weighted by molar-refractivity contribution is -0.157. The molecule has 0 aliphatic rings. The van der Waals surface area contributed by atoms with Crippen LogP contribution in [-0.2, 0) is 0 Å². The SMILES string of the molecule is C[Si]C(F)C(F)(F)F. The van der Waals surface area contributed by atoms with E-state index in [-0.39, 0.29) is 0 Å². The molecule has 0 N–H and O–H groups in total. The molecule has 8 heavy (non-hydrogen) atoms. The molecule has 0 saturated heterocycles. The molecule has 1 unspecified atom stereocenters. The predicted octanol–water partition coefficient (Wildman–Crippen LogP) is 1.60. The van der Waals surface area contributed by atoms with Gasteiger partial charge in [-0.3, -0.25) is 0 Å². The van der Waals surface area contributed by atoms with Crippen molar-refractivity contribution in [3.05, 3.63) is 0 Å². The van der Waals surface area contributed by atoms with Gasteiger partial charge in [-0.1, -0.05) is 6.55 Å². The van der Waals surface area contributed by atoms with E-state index in [1.807, 2.05) is 0 Å². The van der Waals surface area contributed by atoms with Gasteiger partial charge in [-0.25, -0.2) is 4.39 Å². The van der Waals surface area contributed by atoms with Crippen LogP contribution in [0.5, 0.6) is 0 Å². The van der Waals surface area contributed by atoms with E-state index in [9.17, 15) is 17.6 Å². The van der Waals surface area contributed by atoms with Crippen molar-refractivity contribution in [1.29, 1.82) is 0 Å². The molecule has 0 saturated carbocycles. The normalized spacial score (nSPS) is 16.1. The van der Waals surface area contributed by atoms with Gasteiger partial charge in [-0.2, -0.15) is 13.2 Å². The predicted molar refractivity (Wildman–Crippen MR) is 22.6 cm³/mol. The Kier molecular flexibility index (Phi) is 2.46. The van der Waals surface area contributed by atoms with E-state index in [0.29, 0.717) is 0 Å². The minimum Gasteiger partial charge on any atom is -0.242 e. The Hall–Kier alpha value is -0.0631. The lowest BCUT2D eigenvalue weighted by Crippen LogP contribution is -2.28. The highest BCUT2D eigenvalue weighted by atomic mass is 28.2. The number of halogens is 4. The fourth-order valence-corrected chi connectivity index (χ4v) is 0.491. The summed E-state index contributed by atoms with van der Waals surface area (Å²) < 4.78 is 44.8. The highest BCUT2D eigenvalue weighted by Gasteiger charge is 2.38. The Bertz CT molecular complexity index is 68.2. The van der Waals surface area contributed by atoms with Crippen LogP contribution in [0.1, 0.15) is 0 Å². The summed E-state index contributed by atoms with van der Waals surface area (Å²) in [4.78, 5) is 0. The van der Waals surface area contributed by atoms with Gasteiger partial charge in [0.25, 0.3) is 0 Å². The lowest BCUT2D eigenvalue weighted by Gasteiger charge is -2.07. The van der Waals surface area contributed by atoms with E-state index in [1.54, 1.807) is 0 Å². The van der Waals surface area contributed by atoms with E-state index in [0.717, 1.165) is 0 Å². The minimum absolute atomic E-state index is 0.709. The van der Waals surface area contributed by atoms with Crippen molar-refractivity contribution in [3.8, 4) is 0 Å². The van der Waals surface area contributed by atoms with E-state index in [4.69, 9.17) is 0 Å². The van der Waals surface area contributed by atoms with Crippen LogP contribution in [0, 0.1) is 0 Å². The third-order valence-corrected chi connectivity index (χ3v) is 1.38. The molecule has 0 aromatic carbocycles. The Morgan fingerprint density at radius 1 is 1.38 bits per heavy atom. The third kappa shape index (κ3) is 2.30. The topological polar surface area (TPSA) is 0 Å². The Morgan fingerprint density at radius 2 is 1.75 bits per heavy atom. The molecule has 0 aromatic heterocycles. The molecule has 2 radical (unpaired) electrons. The first kappa shape index (κ1) is 7.94. The fraction of sp³-hybridized carbons (Fsp3) is 1.00. The molecule has 0 heterocycles. The summed E-state index contributed by atoms with van der Waals surface area (Å²) in [5.74, 6) is -2.62. The largest absolute Gasteiger partial charge is 0.415 e. The van der Waals surface area contributed by atoms with E-state index in [1.165, 1.54) is 6.55 Å². The van der Waals surface area contributed by atoms with Crippen LogP contribution >= 0.6 is 0 Å². The molecule has 0 aliphatic carbocycles. The van der Waals surface area contributed by atoms with Gasteiger partial charge >= 0.3 is 6.18 Å². The first-order valence-corrected chi connectivity index (χ1v) is 3.44. The van der Waals surface area contributed by atoms with Gasteiger partial charge in [0.05, 0.1) is 9.52 Å². The Balaban J connectivity index is 3.62. The van der Waals surface area contributed by atoms with Crippen molar-refractivity contribution in [2.24, 2.45) is 0 Å². The van der Waals surface area contributed by atoms with Crippen LogP contribution in [0.4, 0.5) is 17.6 Å². The second-order valence-corrected chi connectivity index (χ2v) is 2.28. The Morgan fingerprint density at radius 3 is 1.75 bits per heavy atom. The smallest absolute Gasteiger partial charge is 0.242 e. The van der Waals surface area contributed by atoms with Gasteiger partial charge in [-0.05, 0) is 0 Å². The number of hydrogen-bond donors (Lipinski definition) is 0. The average Bonchev–Trinajstić information content (AvgIpc) is 1.62. The zero-order chi connectivity index (χ0) is 6.78. The second kappa shape index (κ2) is 2.48. The van der Waals surface area contributed by atoms with Gasteiger partial charge in [0, 0.05) is 0 Å². The molecule has 0 aromatic rings. The molecule has 5 heteroatoms. The van der Waals surface area contributed by atoms with E-state index >= 15 is 0 Å². The van der Waals surface area contributed by atoms with Crippen molar-refractivity contribution < 1.29 is 17.6 Å². The molecule has 0 nitrogen and oxygen atoms in total. The molecule has 0 fully saturated rings. The highest BCUT2D eigenvalue weighted by molar-refractivity contribution is 6.35. The Labute approximate surface area is 46.7 Å². The van der Waals surface area contributed by atoms with Gasteiger partial charge < -0.3 is 0 Å². The summed E-state index contributed by atoms with van der Waals surface area (Å²) in [6.45, 7) is 1.18. The van der Waals surface area contributed by atoms with Gasteiger partial charge in [0.2, 0.25) is 0 Å². The summed E-state index contributed by atoms with van der Waals surface area (Å²) in [6, 6.07) is 0. The summed E-state index contributed by atoms with van der Waals surface area (Å²) in [7, 11) is -0.709. The zero-order valence-electron chi connectivity index (χ0n) is 4.09.